The molecular weight excluding hydrogens is 184 g/mol. The van der Waals surface area contributed by atoms with E-state index in [0.29, 0.717) is 0 Å². The minimum absolute atomic E-state index is 0.230. The molecule has 0 aliphatic rings. The van der Waals surface area contributed by atoms with E-state index in [9.17, 15) is 5.11 Å². The molecule has 0 heterocycles. The fourth-order valence-electron chi connectivity index (χ4n) is 1.77. The van der Waals surface area contributed by atoms with Gasteiger partial charge in [0.25, 0.3) is 0 Å². The molecule has 1 rings (SSSR count). The standard InChI is InChI=1S/C14H20O/c1-3-13(4-2)14(15)11-10-12-8-6-5-7-9-12/h3,5-9,13-15H,1,4,10-11H2,2H3/t13-,14-/m1/s1. The van der Waals surface area contributed by atoms with Gasteiger partial charge in [0, 0.05) is 5.92 Å². The smallest absolute Gasteiger partial charge is 0.0605 e. The van der Waals surface area contributed by atoms with Crippen molar-refractivity contribution in [2.24, 2.45) is 5.92 Å². The molecule has 0 fully saturated rings. The summed E-state index contributed by atoms with van der Waals surface area (Å²) in [6.45, 7) is 5.83. The third kappa shape index (κ3) is 3.88. The zero-order chi connectivity index (χ0) is 11.1. The van der Waals surface area contributed by atoms with Crippen molar-refractivity contribution in [2.75, 3.05) is 0 Å². The SMILES string of the molecule is C=C[C@H](CC)[C@H](O)CCc1ccccc1. The molecule has 0 saturated heterocycles. The summed E-state index contributed by atoms with van der Waals surface area (Å²) in [7, 11) is 0. The van der Waals surface area contributed by atoms with Crippen LogP contribution in [0.25, 0.3) is 0 Å². The third-order valence-electron chi connectivity index (χ3n) is 2.84. The number of hydrogen-bond acceptors (Lipinski definition) is 1. The Bertz CT molecular complexity index is 279. The van der Waals surface area contributed by atoms with Gasteiger partial charge in [-0.1, -0.05) is 43.3 Å². The monoisotopic (exact) mass is 204 g/mol. The van der Waals surface area contributed by atoms with Crippen molar-refractivity contribution in [3.8, 4) is 0 Å². The van der Waals surface area contributed by atoms with Gasteiger partial charge in [0.05, 0.1) is 6.10 Å². The average molecular weight is 204 g/mol. The molecule has 1 N–H and O–H groups in total. The van der Waals surface area contributed by atoms with E-state index in [1.54, 1.807) is 0 Å². The summed E-state index contributed by atoms with van der Waals surface area (Å²) in [5.41, 5.74) is 1.29. The molecule has 0 spiro atoms. The maximum Gasteiger partial charge on any atom is 0.0605 e. The normalized spacial score (nSPS) is 14.5. The summed E-state index contributed by atoms with van der Waals surface area (Å²) < 4.78 is 0. The fraction of sp³-hybridized carbons (Fsp3) is 0.429. The van der Waals surface area contributed by atoms with Gasteiger partial charge in [0.1, 0.15) is 0 Å². The maximum absolute atomic E-state index is 9.90. The molecule has 1 aromatic rings. The van der Waals surface area contributed by atoms with E-state index in [1.807, 2.05) is 24.3 Å². The first-order valence-electron chi connectivity index (χ1n) is 5.62. The van der Waals surface area contributed by atoms with E-state index in [0.717, 1.165) is 19.3 Å². The highest BCUT2D eigenvalue weighted by molar-refractivity contribution is 5.14. The highest BCUT2D eigenvalue weighted by Crippen LogP contribution is 2.15. The number of hydrogen-bond donors (Lipinski definition) is 1. The number of benzene rings is 1. The Morgan fingerprint density at radius 3 is 2.53 bits per heavy atom. The van der Waals surface area contributed by atoms with Gasteiger partial charge in [-0.15, -0.1) is 6.58 Å². The van der Waals surface area contributed by atoms with Crippen LogP contribution in [0.4, 0.5) is 0 Å². The largest absolute Gasteiger partial charge is 0.393 e. The van der Waals surface area contributed by atoms with Crippen LogP contribution in [0.1, 0.15) is 25.3 Å². The Labute approximate surface area is 92.5 Å². The lowest BCUT2D eigenvalue weighted by atomic mass is 9.94. The quantitative estimate of drug-likeness (QED) is 0.705. The molecule has 0 amide bonds. The Morgan fingerprint density at radius 1 is 1.33 bits per heavy atom. The first-order valence-corrected chi connectivity index (χ1v) is 5.62. The zero-order valence-electron chi connectivity index (χ0n) is 9.39. The molecule has 0 aromatic heterocycles. The predicted octanol–water partition coefficient (Wildman–Crippen LogP) is 3.19. The number of aliphatic hydroxyl groups is 1. The highest BCUT2D eigenvalue weighted by atomic mass is 16.3. The first-order chi connectivity index (χ1) is 7.27. The van der Waals surface area contributed by atoms with Gasteiger partial charge in [-0.3, -0.25) is 0 Å². The van der Waals surface area contributed by atoms with Crippen molar-refractivity contribution in [1.82, 2.24) is 0 Å². The second-order valence-corrected chi connectivity index (χ2v) is 3.90. The van der Waals surface area contributed by atoms with Crippen LogP contribution < -0.4 is 0 Å². The molecule has 0 aliphatic heterocycles. The summed E-state index contributed by atoms with van der Waals surface area (Å²) in [4.78, 5) is 0. The molecule has 15 heavy (non-hydrogen) atoms. The molecule has 1 aromatic carbocycles. The number of aliphatic hydroxyl groups excluding tert-OH is 1. The molecule has 0 aliphatic carbocycles. The van der Waals surface area contributed by atoms with Crippen LogP contribution in [0.2, 0.25) is 0 Å². The zero-order valence-corrected chi connectivity index (χ0v) is 9.39. The van der Waals surface area contributed by atoms with Crippen LogP contribution in [0.3, 0.4) is 0 Å². The van der Waals surface area contributed by atoms with E-state index in [4.69, 9.17) is 0 Å². The first kappa shape index (κ1) is 12.0. The van der Waals surface area contributed by atoms with Crippen LogP contribution in [-0.4, -0.2) is 11.2 Å². The fourth-order valence-corrected chi connectivity index (χ4v) is 1.77. The number of aryl methyl sites for hydroxylation is 1. The third-order valence-corrected chi connectivity index (χ3v) is 2.84. The van der Waals surface area contributed by atoms with Gasteiger partial charge in [-0.25, -0.2) is 0 Å². The van der Waals surface area contributed by atoms with Crippen molar-refractivity contribution < 1.29 is 5.11 Å². The van der Waals surface area contributed by atoms with Crippen LogP contribution in [0.15, 0.2) is 43.0 Å². The summed E-state index contributed by atoms with van der Waals surface area (Å²) >= 11 is 0. The lowest BCUT2D eigenvalue weighted by molar-refractivity contribution is 0.119. The van der Waals surface area contributed by atoms with E-state index in [-0.39, 0.29) is 12.0 Å². The Kier molecular flexibility index (Phi) is 5.13. The van der Waals surface area contributed by atoms with Gasteiger partial charge in [0.15, 0.2) is 0 Å². The second-order valence-electron chi connectivity index (χ2n) is 3.90. The predicted molar refractivity (Wildman–Crippen MR) is 64.7 cm³/mol. The van der Waals surface area contributed by atoms with E-state index in [1.165, 1.54) is 5.56 Å². The Hall–Kier alpha value is -1.08. The van der Waals surface area contributed by atoms with Gasteiger partial charge >= 0.3 is 0 Å². The summed E-state index contributed by atoms with van der Waals surface area (Å²) in [6.07, 6.45) is 4.31. The van der Waals surface area contributed by atoms with Gasteiger partial charge in [0.2, 0.25) is 0 Å². The highest BCUT2D eigenvalue weighted by Gasteiger charge is 2.13. The molecule has 2 atom stereocenters. The van der Waals surface area contributed by atoms with E-state index in [2.05, 4.69) is 25.6 Å². The molecule has 1 nitrogen and oxygen atoms in total. The summed E-state index contributed by atoms with van der Waals surface area (Å²) in [5.74, 6) is 0.230. The topological polar surface area (TPSA) is 20.2 Å². The van der Waals surface area contributed by atoms with Crippen molar-refractivity contribution in [2.45, 2.75) is 32.3 Å². The van der Waals surface area contributed by atoms with Gasteiger partial charge in [-0.05, 0) is 24.8 Å². The Balaban J connectivity index is 2.40. The van der Waals surface area contributed by atoms with Crippen molar-refractivity contribution >= 4 is 0 Å². The lowest BCUT2D eigenvalue weighted by Gasteiger charge is -2.17. The number of rotatable bonds is 6. The van der Waals surface area contributed by atoms with Crippen molar-refractivity contribution in [1.29, 1.82) is 0 Å². The lowest BCUT2D eigenvalue weighted by Crippen LogP contribution is -2.18. The van der Waals surface area contributed by atoms with E-state index < -0.39 is 0 Å². The summed E-state index contributed by atoms with van der Waals surface area (Å²) in [6, 6.07) is 10.3. The average Bonchev–Trinajstić information content (AvgIpc) is 2.29. The van der Waals surface area contributed by atoms with Crippen LogP contribution in [-0.2, 0) is 6.42 Å². The molecule has 82 valence electrons. The van der Waals surface area contributed by atoms with Crippen molar-refractivity contribution in [3.63, 3.8) is 0 Å². The van der Waals surface area contributed by atoms with Crippen LogP contribution in [0, 0.1) is 5.92 Å². The summed E-state index contributed by atoms with van der Waals surface area (Å²) in [5, 5.41) is 9.90. The molecule has 0 radical (unpaired) electrons. The molecule has 1 heteroatoms. The van der Waals surface area contributed by atoms with Crippen LogP contribution >= 0.6 is 0 Å². The van der Waals surface area contributed by atoms with Crippen LogP contribution in [0.5, 0.6) is 0 Å². The minimum atomic E-state index is -0.257. The van der Waals surface area contributed by atoms with Gasteiger partial charge in [-0.2, -0.15) is 0 Å². The Morgan fingerprint density at radius 2 is 2.00 bits per heavy atom. The van der Waals surface area contributed by atoms with E-state index >= 15 is 0 Å². The second kappa shape index (κ2) is 6.41. The minimum Gasteiger partial charge on any atom is -0.393 e. The molecule has 0 saturated carbocycles. The molecular formula is C14H20O. The molecule has 0 bridgehead atoms. The maximum atomic E-state index is 9.90. The van der Waals surface area contributed by atoms with Crippen molar-refractivity contribution in [3.05, 3.63) is 48.6 Å². The molecule has 0 unspecified atom stereocenters. The van der Waals surface area contributed by atoms with Gasteiger partial charge < -0.3 is 5.11 Å².